The van der Waals surface area contributed by atoms with Gasteiger partial charge in [-0.05, 0) is 36.6 Å². The van der Waals surface area contributed by atoms with Crippen molar-refractivity contribution < 1.29 is 9.59 Å². The van der Waals surface area contributed by atoms with E-state index in [1.54, 1.807) is 6.07 Å². The first-order valence-corrected chi connectivity index (χ1v) is 7.65. The van der Waals surface area contributed by atoms with Crippen molar-refractivity contribution in [2.75, 3.05) is 10.6 Å². The van der Waals surface area contributed by atoms with Crippen molar-refractivity contribution in [1.82, 2.24) is 0 Å². The van der Waals surface area contributed by atoms with E-state index in [0.29, 0.717) is 5.69 Å². The van der Waals surface area contributed by atoms with Crippen LogP contribution in [0, 0.1) is 5.92 Å². The van der Waals surface area contributed by atoms with Crippen molar-refractivity contribution in [2.45, 2.75) is 18.9 Å². The Morgan fingerprint density at radius 1 is 1.00 bits per heavy atom. The summed E-state index contributed by atoms with van der Waals surface area (Å²) in [5.74, 6) is -0.255. The van der Waals surface area contributed by atoms with E-state index in [1.165, 1.54) is 0 Å². The number of benzene rings is 2. The van der Waals surface area contributed by atoms with Crippen LogP contribution in [0.2, 0.25) is 0 Å². The molecule has 2 aromatic rings. The summed E-state index contributed by atoms with van der Waals surface area (Å²) in [4.78, 5) is 23.6. The molecule has 1 aliphatic rings. The third-order valence-electron chi connectivity index (χ3n) is 3.81. The molecule has 0 spiro atoms. The van der Waals surface area contributed by atoms with Crippen LogP contribution >= 0.6 is 0 Å². The zero-order chi connectivity index (χ0) is 16.2. The molecular weight excluding hydrogens is 290 g/mol. The number of carbonyl (C=O) groups excluding carboxylic acids is 2. The van der Waals surface area contributed by atoms with Gasteiger partial charge < -0.3 is 16.4 Å². The van der Waals surface area contributed by atoms with E-state index >= 15 is 0 Å². The smallest absolute Gasteiger partial charge is 0.244 e. The van der Waals surface area contributed by atoms with Gasteiger partial charge in [0, 0.05) is 17.3 Å². The van der Waals surface area contributed by atoms with Crippen LogP contribution in [0.15, 0.2) is 54.6 Å². The van der Waals surface area contributed by atoms with Gasteiger partial charge in [0.2, 0.25) is 11.8 Å². The molecule has 0 aromatic heterocycles. The lowest BCUT2D eigenvalue weighted by Crippen LogP contribution is -2.27. The number of nitrogens with two attached hydrogens (primary N) is 1. The fourth-order valence-corrected chi connectivity index (χ4v) is 2.41. The second-order valence-electron chi connectivity index (χ2n) is 5.73. The third-order valence-corrected chi connectivity index (χ3v) is 3.81. The molecule has 0 saturated heterocycles. The first-order valence-electron chi connectivity index (χ1n) is 7.65. The Hall–Kier alpha value is -2.82. The highest BCUT2D eigenvalue weighted by Gasteiger charge is 2.29. The van der Waals surface area contributed by atoms with Crippen molar-refractivity contribution in [3.63, 3.8) is 0 Å². The van der Waals surface area contributed by atoms with Crippen LogP contribution in [0.5, 0.6) is 0 Å². The van der Waals surface area contributed by atoms with Gasteiger partial charge in [-0.3, -0.25) is 9.59 Å². The Kier molecular flexibility index (Phi) is 4.28. The third kappa shape index (κ3) is 3.88. The summed E-state index contributed by atoms with van der Waals surface area (Å²) in [5.41, 5.74) is 7.75. The van der Waals surface area contributed by atoms with Crippen molar-refractivity contribution in [1.29, 1.82) is 0 Å². The average molecular weight is 309 g/mol. The highest BCUT2D eigenvalue weighted by atomic mass is 16.2. The van der Waals surface area contributed by atoms with Crippen molar-refractivity contribution in [2.24, 2.45) is 11.7 Å². The predicted molar refractivity (Wildman–Crippen MR) is 89.8 cm³/mol. The van der Waals surface area contributed by atoms with Crippen LogP contribution in [-0.2, 0) is 9.59 Å². The number of nitrogens with one attached hydrogen (secondary N) is 2. The summed E-state index contributed by atoms with van der Waals surface area (Å²) in [6.07, 6.45) is 1.92. The lowest BCUT2D eigenvalue weighted by atomic mass is 10.1. The first-order chi connectivity index (χ1) is 11.1. The van der Waals surface area contributed by atoms with E-state index in [4.69, 9.17) is 5.73 Å². The zero-order valence-corrected chi connectivity index (χ0v) is 12.7. The van der Waals surface area contributed by atoms with E-state index in [1.807, 2.05) is 48.5 Å². The standard InChI is InChI=1S/C18H19N3O2/c19-17(22)16(12-5-2-1-3-6-12)20-14-7-4-8-15(11-14)21-18(23)13-9-10-13/h1-8,11,13,16,20H,9-10H2,(H2,19,22)(H,21,23)/t16-/m1/s1. The molecule has 4 N–H and O–H groups in total. The number of anilines is 2. The van der Waals surface area contributed by atoms with Gasteiger partial charge in [0.05, 0.1) is 0 Å². The van der Waals surface area contributed by atoms with Crippen LogP contribution in [-0.4, -0.2) is 11.8 Å². The quantitative estimate of drug-likeness (QED) is 0.767. The van der Waals surface area contributed by atoms with Crippen LogP contribution in [0.3, 0.4) is 0 Å². The van der Waals surface area contributed by atoms with Crippen molar-refractivity contribution in [3.8, 4) is 0 Å². The number of amides is 2. The Labute approximate surface area is 134 Å². The summed E-state index contributed by atoms with van der Waals surface area (Å²) in [6.45, 7) is 0. The lowest BCUT2D eigenvalue weighted by Gasteiger charge is -2.18. The fraction of sp³-hybridized carbons (Fsp3) is 0.222. The van der Waals surface area contributed by atoms with E-state index in [0.717, 1.165) is 24.1 Å². The molecule has 118 valence electrons. The normalized spacial score (nSPS) is 14.8. The maximum absolute atomic E-state index is 11.8. The summed E-state index contributed by atoms with van der Waals surface area (Å²) in [7, 11) is 0. The molecule has 0 bridgehead atoms. The highest BCUT2D eigenvalue weighted by Crippen LogP contribution is 2.30. The van der Waals surface area contributed by atoms with Gasteiger partial charge in [0.1, 0.15) is 6.04 Å². The van der Waals surface area contributed by atoms with Crippen LogP contribution < -0.4 is 16.4 Å². The molecule has 0 radical (unpaired) electrons. The Morgan fingerprint density at radius 3 is 2.35 bits per heavy atom. The molecule has 2 aromatic carbocycles. The zero-order valence-electron chi connectivity index (χ0n) is 12.7. The first kappa shape index (κ1) is 15.1. The van der Waals surface area contributed by atoms with E-state index in [2.05, 4.69) is 10.6 Å². The summed E-state index contributed by atoms with van der Waals surface area (Å²) in [5, 5.41) is 6.02. The molecule has 0 unspecified atom stereocenters. The van der Waals surface area contributed by atoms with Gasteiger partial charge in [-0.2, -0.15) is 0 Å². The van der Waals surface area contributed by atoms with Gasteiger partial charge in [-0.15, -0.1) is 0 Å². The summed E-state index contributed by atoms with van der Waals surface area (Å²) >= 11 is 0. The molecule has 1 fully saturated rings. The second kappa shape index (κ2) is 6.52. The van der Waals surface area contributed by atoms with E-state index in [9.17, 15) is 9.59 Å². The second-order valence-corrected chi connectivity index (χ2v) is 5.73. The number of carbonyl (C=O) groups is 2. The number of hydrogen-bond acceptors (Lipinski definition) is 3. The molecule has 5 heteroatoms. The number of hydrogen-bond donors (Lipinski definition) is 3. The molecule has 0 heterocycles. The minimum atomic E-state index is -0.620. The van der Waals surface area contributed by atoms with Gasteiger partial charge in [0.15, 0.2) is 0 Å². The largest absolute Gasteiger partial charge is 0.370 e. The van der Waals surface area contributed by atoms with E-state index < -0.39 is 11.9 Å². The van der Waals surface area contributed by atoms with Crippen LogP contribution in [0.4, 0.5) is 11.4 Å². The van der Waals surface area contributed by atoms with Gasteiger partial charge >= 0.3 is 0 Å². The topological polar surface area (TPSA) is 84.2 Å². The molecule has 0 aliphatic heterocycles. The number of rotatable bonds is 6. The summed E-state index contributed by atoms with van der Waals surface area (Å²) < 4.78 is 0. The molecule has 1 saturated carbocycles. The van der Waals surface area contributed by atoms with Crippen molar-refractivity contribution in [3.05, 3.63) is 60.2 Å². The van der Waals surface area contributed by atoms with Gasteiger partial charge in [0.25, 0.3) is 0 Å². The Morgan fingerprint density at radius 2 is 1.70 bits per heavy atom. The number of primary amides is 1. The Bertz CT molecular complexity index is 711. The minimum absolute atomic E-state index is 0.0525. The maximum atomic E-state index is 11.8. The molecule has 23 heavy (non-hydrogen) atoms. The molecule has 5 nitrogen and oxygen atoms in total. The lowest BCUT2D eigenvalue weighted by molar-refractivity contribution is -0.119. The SMILES string of the molecule is NC(=O)[C@H](Nc1cccc(NC(=O)C2CC2)c1)c1ccccc1. The van der Waals surface area contributed by atoms with Crippen molar-refractivity contribution >= 4 is 23.2 Å². The monoisotopic (exact) mass is 309 g/mol. The average Bonchev–Trinajstić information content (AvgIpc) is 3.38. The molecular formula is C18H19N3O2. The van der Waals surface area contributed by atoms with E-state index in [-0.39, 0.29) is 11.8 Å². The minimum Gasteiger partial charge on any atom is -0.370 e. The molecule has 3 rings (SSSR count). The predicted octanol–water partition coefficient (Wildman–Crippen LogP) is 2.67. The summed E-state index contributed by atoms with van der Waals surface area (Å²) in [6, 6.07) is 16.0. The fourth-order valence-electron chi connectivity index (χ4n) is 2.41. The van der Waals surface area contributed by atoms with Crippen LogP contribution in [0.1, 0.15) is 24.4 Å². The Balaban J connectivity index is 1.75. The van der Waals surface area contributed by atoms with Gasteiger partial charge in [-0.25, -0.2) is 0 Å². The maximum Gasteiger partial charge on any atom is 0.244 e. The van der Waals surface area contributed by atoms with Gasteiger partial charge in [-0.1, -0.05) is 36.4 Å². The molecule has 2 amide bonds. The molecule has 1 atom stereocenters. The molecule has 1 aliphatic carbocycles. The van der Waals surface area contributed by atoms with Crippen LogP contribution in [0.25, 0.3) is 0 Å². The highest BCUT2D eigenvalue weighted by molar-refractivity contribution is 5.94.